The Morgan fingerprint density at radius 1 is 1.11 bits per heavy atom. The molecule has 0 unspecified atom stereocenters. The lowest BCUT2D eigenvalue weighted by atomic mass is 10.1. The highest BCUT2D eigenvalue weighted by atomic mass is 16.5. The predicted octanol–water partition coefficient (Wildman–Crippen LogP) is 3.51. The van der Waals surface area contributed by atoms with Crippen LogP contribution in [-0.2, 0) is 0 Å². The van der Waals surface area contributed by atoms with Gasteiger partial charge in [0.05, 0.1) is 11.1 Å². The number of nitrogens with zero attached hydrogens (tertiary/aromatic N) is 3. The molecule has 1 aliphatic carbocycles. The molecular formula is C21H23N5O2. The van der Waals surface area contributed by atoms with Crippen LogP contribution in [0.3, 0.4) is 0 Å². The summed E-state index contributed by atoms with van der Waals surface area (Å²) in [6, 6.07) is 11.5. The molecule has 0 saturated heterocycles. The van der Waals surface area contributed by atoms with Crippen molar-refractivity contribution < 1.29 is 9.32 Å². The Bertz CT molecular complexity index is 967. The molecule has 0 aliphatic heterocycles. The van der Waals surface area contributed by atoms with Crippen LogP contribution in [0.4, 0.5) is 5.82 Å². The maximum Gasteiger partial charge on any atom is 0.258 e. The fourth-order valence-electron chi connectivity index (χ4n) is 3.57. The van der Waals surface area contributed by atoms with Crippen LogP contribution in [0.25, 0.3) is 11.5 Å². The molecule has 28 heavy (non-hydrogen) atoms. The van der Waals surface area contributed by atoms with Crippen LogP contribution in [0.2, 0.25) is 0 Å². The van der Waals surface area contributed by atoms with E-state index in [0.29, 0.717) is 22.8 Å². The van der Waals surface area contributed by atoms with Crippen LogP contribution >= 0.6 is 0 Å². The molecule has 0 radical (unpaired) electrons. The van der Waals surface area contributed by atoms with E-state index in [1.165, 1.54) is 0 Å². The summed E-state index contributed by atoms with van der Waals surface area (Å²) in [6.07, 6.45) is 4.81. The van der Waals surface area contributed by atoms with Crippen LogP contribution in [0.5, 0.6) is 0 Å². The van der Waals surface area contributed by atoms with Gasteiger partial charge in [0, 0.05) is 18.3 Å². The minimum absolute atomic E-state index is 0.0353. The smallest absolute Gasteiger partial charge is 0.258 e. The van der Waals surface area contributed by atoms with Gasteiger partial charge < -0.3 is 15.2 Å². The van der Waals surface area contributed by atoms with E-state index >= 15 is 0 Å². The second-order valence-electron chi connectivity index (χ2n) is 7.17. The summed E-state index contributed by atoms with van der Waals surface area (Å²) in [5.41, 5.74) is 2.29. The zero-order chi connectivity index (χ0) is 19.5. The maximum atomic E-state index is 13.0. The molecule has 144 valence electrons. The van der Waals surface area contributed by atoms with Crippen LogP contribution < -0.4 is 10.6 Å². The first kappa shape index (κ1) is 18.2. The molecule has 4 rings (SSSR count). The number of carbonyl (C=O) groups is 1. The van der Waals surface area contributed by atoms with Crippen LogP contribution in [-0.4, -0.2) is 33.1 Å². The Balaban J connectivity index is 1.49. The van der Waals surface area contributed by atoms with E-state index in [0.717, 1.165) is 30.6 Å². The fourth-order valence-corrected chi connectivity index (χ4v) is 3.57. The van der Waals surface area contributed by atoms with Crippen molar-refractivity contribution in [2.24, 2.45) is 0 Å². The molecule has 1 aliphatic rings. The Morgan fingerprint density at radius 3 is 2.68 bits per heavy atom. The first-order valence-electron chi connectivity index (χ1n) is 9.50. The summed E-state index contributed by atoms with van der Waals surface area (Å²) in [4.78, 5) is 21.7. The standard InChI is InChI=1S/C21H23N5O2/c1-13-10-11-19(22-12-13)24-17-8-5-9-18(17)25-20(27)15-6-3-4-7-16(15)21-23-14(2)26-28-21/h3-4,6-7,10-12,17-18H,5,8-9H2,1-2H3,(H,22,24)(H,25,27)/t17-,18-/m0/s1. The van der Waals surface area contributed by atoms with Gasteiger partial charge in [0.1, 0.15) is 5.82 Å². The van der Waals surface area contributed by atoms with E-state index in [2.05, 4.69) is 25.8 Å². The first-order chi connectivity index (χ1) is 13.6. The second kappa shape index (κ2) is 7.80. The maximum absolute atomic E-state index is 13.0. The zero-order valence-corrected chi connectivity index (χ0v) is 16.0. The van der Waals surface area contributed by atoms with Crippen LogP contribution in [0.15, 0.2) is 47.1 Å². The summed E-state index contributed by atoms with van der Waals surface area (Å²) < 4.78 is 5.26. The number of hydrogen-bond donors (Lipinski definition) is 2. The molecule has 0 bridgehead atoms. The van der Waals surface area contributed by atoms with Crippen molar-refractivity contribution in [1.29, 1.82) is 0 Å². The van der Waals surface area contributed by atoms with Crippen LogP contribution in [0, 0.1) is 13.8 Å². The summed E-state index contributed by atoms with van der Waals surface area (Å²) in [6.45, 7) is 3.77. The minimum atomic E-state index is -0.137. The van der Waals surface area contributed by atoms with Gasteiger partial charge in [0.15, 0.2) is 5.82 Å². The lowest BCUT2D eigenvalue weighted by Crippen LogP contribution is -2.43. The monoisotopic (exact) mass is 377 g/mol. The number of aryl methyl sites for hydroxylation is 2. The molecule has 7 nitrogen and oxygen atoms in total. The lowest BCUT2D eigenvalue weighted by molar-refractivity contribution is 0.0936. The van der Waals surface area contributed by atoms with E-state index in [4.69, 9.17) is 4.52 Å². The molecule has 2 N–H and O–H groups in total. The molecule has 1 fully saturated rings. The van der Waals surface area contributed by atoms with Gasteiger partial charge in [-0.2, -0.15) is 4.98 Å². The number of amides is 1. The lowest BCUT2D eigenvalue weighted by Gasteiger charge is -2.23. The fraction of sp³-hybridized carbons (Fsp3) is 0.333. The summed E-state index contributed by atoms with van der Waals surface area (Å²) in [7, 11) is 0. The number of nitrogens with one attached hydrogen (secondary N) is 2. The van der Waals surface area contributed by atoms with Crippen molar-refractivity contribution >= 4 is 11.7 Å². The molecule has 7 heteroatoms. The number of anilines is 1. The van der Waals surface area contributed by atoms with E-state index in [1.807, 2.05) is 43.5 Å². The molecule has 3 aromatic rings. The average Bonchev–Trinajstić information content (AvgIpc) is 3.32. The quantitative estimate of drug-likeness (QED) is 0.707. The summed E-state index contributed by atoms with van der Waals surface area (Å²) in [5, 5.41) is 10.5. The van der Waals surface area contributed by atoms with Crippen molar-refractivity contribution in [3.05, 3.63) is 59.5 Å². The van der Waals surface area contributed by atoms with Gasteiger partial charge in [0.25, 0.3) is 11.8 Å². The predicted molar refractivity (Wildman–Crippen MR) is 106 cm³/mol. The zero-order valence-electron chi connectivity index (χ0n) is 16.0. The Labute approximate surface area is 163 Å². The van der Waals surface area contributed by atoms with Gasteiger partial charge in [-0.25, -0.2) is 4.98 Å². The molecule has 1 aromatic carbocycles. The van der Waals surface area contributed by atoms with Crippen molar-refractivity contribution in [2.45, 2.75) is 45.2 Å². The Morgan fingerprint density at radius 2 is 1.93 bits per heavy atom. The number of pyridine rings is 1. The van der Waals surface area contributed by atoms with Gasteiger partial charge in [0.2, 0.25) is 0 Å². The van der Waals surface area contributed by atoms with Gasteiger partial charge in [-0.1, -0.05) is 23.4 Å². The van der Waals surface area contributed by atoms with E-state index in [1.54, 1.807) is 13.0 Å². The van der Waals surface area contributed by atoms with Crippen molar-refractivity contribution in [3.8, 4) is 11.5 Å². The first-order valence-corrected chi connectivity index (χ1v) is 9.50. The Kier molecular flexibility index (Phi) is 5.06. The molecular weight excluding hydrogens is 354 g/mol. The van der Waals surface area contributed by atoms with Crippen molar-refractivity contribution in [1.82, 2.24) is 20.4 Å². The van der Waals surface area contributed by atoms with Gasteiger partial charge in [-0.05, 0) is 56.9 Å². The van der Waals surface area contributed by atoms with Gasteiger partial charge in [-0.3, -0.25) is 4.79 Å². The highest BCUT2D eigenvalue weighted by Crippen LogP contribution is 2.25. The number of aromatic nitrogens is 3. The Hall–Kier alpha value is -3.22. The largest absolute Gasteiger partial charge is 0.365 e. The number of carbonyl (C=O) groups excluding carboxylic acids is 1. The minimum Gasteiger partial charge on any atom is -0.365 e. The summed E-state index contributed by atoms with van der Waals surface area (Å²) >= 11 is 0. The molecule has 0 spiro atoms. The van der Waals surface area contributed by atoms with Gasteiger partial charge >= 0.3 is 0 Å². The van der Waals surface area contributed by atoms with Gasteiger partial charge in [-0.15, -0.1) is 0 Å². The normalized spacial score (nSPS) is 18.8. The van der Waals surface area contributed by atoms with E-state index in [-0.39, 0.29) is 18.0 Å². The third kappa shape index (κ3) is 3.88. The second-order valence-corrected chi connectivity index (χ2v) is 7.17. The molecule has 2 atom stereocenters. The topological polar surface area (TPSA) is 92.9 Å². The van der Waals surface area contributed by atoms with E-state index < -0.39 is 0 Å². The van der Waals surface area contributed by atoms with Crippen molar-refractivity contribution in [2.75, 3.05) is 5.32 Å². The number of benzene rings is 1. The highest BCUT2D eigenvalue weighted by molar-refractivity contribution is 6.00. The number of rotatable bonds is 5. The average molecular weight is 377 g/mol. The summed E-state index contributed by atoms with van der Waals surface area (Å²) in [5.74, 6) is 1.59. The molecule has 2 heterocycles. The third-order valence-corrected chi connectivity index (χ3v) is 5.01. The highest BCUT2D eigenvalue weighted by Gasteiger charge is 2.30. The molecule has 1 amide bonds. The van der Waals surface area contributed by atoms with Crippen molar-refractivity contribution in [3.63, 3.8) is 0 Å². The SMILES string of the molecule is Cc1ccc(N[C@H]2CCC[C@@H]2NC(=O)c2ccccc2-c2nc(C)no2)nc1. The van der Waals surface area contributed by atoms with Crippen LogP contribution in [0.1, 0.15) is 41.0 Å². The molecule has 2 aromatic heterocycles. The number of hydrogen-bond acceptors (Lipinski definition) is 6. The third-order valence-electron chi connectivity index (χ3n) is 5.01. The van der Waals surface area contributed by atoms with E-state index in [9.17, 15) is 4.79 Å². The molecule has 1 saturated carbocycles.